The van der Waals surface area contributed by atoms with Gasteiger partial charge >= 0.3 is 17.9 Å². The molecule has 1 radical (unpaired) electrons. The van der Waals surface area contributed by atoms with E-state index in [9.17, 15) is 14.4 Å². The minimum Gasteiger partial charge on any atom is -0.478 e. The van der Waals surface area contributed by atoms with Crippen LogP contribution in [0, 0.1) is 6.07 Å². The predicted octanol–water partition coefficient (Wildman–Crippen LogP) is 0.581. The summed E-state index contributed by atoms with van der Waals surface area (Å²) >= 11 is 0. The third-order valence-electron chi connectivity index (χ3n) is 1.64. The molecule has 77 valence electrons. The van der Waals surface area contributed by atoms with Crippen molar-refractivity contribution in [3.05, 3.63) is 34.9 Å². The van der Waals surface area contributed by atoms with Gasteiger partial charge in [-0.3, -0.25) is 0 Å². The van der Waals surface area contributed by atoms with Gasteiger partial charge in [0.25, 0.3) is 0 Å². The van der Waals surface area contributed by atoms with Crippen LogP contribution in [-0.2, 0) is 0 Å². The summed E-state index contributed by atoms with van der Waals surface area (Å²) in [5.74, 6) is -4.31. The van der Waals surface area contributed by atoms with E-state index in [1.54, 1.807) is 0 Å². The fourth-order valence-electron chi connectivity index (χ4n) is 0.969. The van der Waals surface area contributed by atoms with E-state index in [-0.39, 0.29) is 0 Å². The van der Waals surface area contributed by atoms with Gasteiger partial charge in [-0.05, 0) is 18.2 Å². The highest BCUT2D eigenvalue weighted by atomic mass is 16.4. The topological polar surface area (TPSA) is 112 Å². The average molecular weight is 209 g/mol. The van der Waals surface area contributed by atoms with Gasteiger partial charge in [-0.1, -0.05) is 0 Å². The van der Waals surface area contributed by atoms with E-state index in [0.29, 0.717) is 0 Å². The number of benzene rings is 1. The third-order valence-corrected chi connectivity index (χ3v) is 1.64. The number of carboxylic acid groups (broad SMARTS) is 3. The Hall–Kier alpha value is -2.37. The molecule has 1 aromatic carbocycles. The lowest BCUT2D eigenvalue weighted by molar-refractivity contribution is 0.0649. The maximum Gasteiger partial charge on any atom is 0.336 e. The van der Waals surface area contributed by atoms with Gasteiger partial charge in [-0.25, -0.2) is 14.4 Å². The molecule has 0 aliphatic heterocycles. The molecule has 0 aromatic heterocycles. The van der Waals surface area contributed by atoms with Crippen molar-refractivity contribution in [1.29, 1.82) is 0 Å². The Morgan fingerprint density at radius 2 is 1.47 bits per heavy atom. The van der Waals surface area contributed by atoms with Crippen LogP contribution in [0.1, 0.15) is 31.1 Å². The van der Waals surface area contributed by atoms with Crippen molar-refractivity contribution in [2.45, 2.75) is 0 Å². The number of rotatable bonds is 3. The van der Waals surface area contributed by atoms with Gasteiger partial charge < -0.3 is 15.3 Å². The molecule has 0 heterocycles. The second-order valence-corrected chi connectivity index (χ2v) is 2.59. The second-order valence-electron chi connectivity index (χ2n) is 2.59. The molecule has 0 atom stereocenters. The van der Waals surface area contributed by atoms with Crippen molar-refractivity contribution < 1.29 is 29.7 Å². The summed E-state index contributed by atoms with van der Waals surface area (Å²) in [4.78, 5) is 31.7. The van der Waals surface area contributed by atoms with E-state index in [2.05, 4.69) is 6.07 Å². The summed E-state index contributed by atoms with van der Waals surface area (Å²) in [6, 6.07) is 3.76. The Balaban J connectivity index is 3.40. The van der Waals surface area contributed by atoms with Crippen LogP contribution in [0.4, 0.5) is 0 Å². The van der Waals surface area contributed by atoms with Gasteiger partial charge in [0.2, 0.25) is 0 Å². The summed E-state index contributed by atoms with van der Waals surface area (Å²) in [6.07, 6.45) is 0. The van der Waals surface area contributed by atoms with Crippen molar-refractivity contribution in [3.8, 4) is 0 Å². The zero-order valence-electron chi connectivity index (χ0n) is 7.22. The molecule has 0 saturated carbocycles. The van der Waals surface area contributed by atoms with Crippen LogP contribution >= 0.6 is 0 Å². The molecule has 0 aliphatic rings. The SMILES string of the molecule is O=C(O)c1[c]cc(C(=O)O)c(C(=O)O)c1. The van der Waals surface area contributed by atoms with Gasteiger partial charge in [0, 0.05) is 0 Å². The lowest BCUT2D eigenvalue weighted by Crippen LogP contribution is -2.10. The second kappa shape index (κ2) is 3.79. The lowest BCUT2D eigenvalue weighted by Gasteiger charge is -2.01. The van der Waals surface area contributed by atoms with Crippen LogP contribution in [0.5, 0.6) is 0 Å². The number of carboxylic acids is 3. The number of hydrogen-bond acceptors (Lipinski definition) is 3. The summed E-state index contributed by atoms with van der Waals surface area (Å²) in [5, 5.41) is 25.8. The molecule has 0 spiro atoms. The van der Waals surface area contributed by atoms with Crippen LogP contribution in [0.25, 0.3) is 0 Å². The molecule has 3 N–H and O–H groups in total. The highest BCUT2D eigenvalue weighted by Crippen LogP contribution is 2.12. The van der Waals surface area contributed by atoms with Crippen molar-refractivity contribution in [2.75, 3.05) is 0 Å². The largest absolute Gasteiger partial charge is 0.478 e. The molecule has 0 amide bonds. The lowest BCUT2D eigenvalue weighted by atomic mass is 10.0. The minimum atomic E-state index is -1.50. The molecule has 0 bridgehead atoms. The van der Waals surface area contributed by atoms with Gasteiger partial charge in [0.05, 0.1) is 16.7 Å². The summed E-state index contributed by atoms with van der Waals surface area (Å²) in [7, 11) is 0. The Kier molecular flexibility index (Phi) is 2.70. The predicted molar refractivity (Wildman–Crippen MR) is 46.2 cm³/mol. The highest BCUT2D eigenvalue weighted by Gasteiger charge is 2.18. The zero-order chi connectivity index (χ0) is 11.6. The maximum absolute atomic E-state index is 10.6. The number of aromatic carboxylic acids is 3. The third kappa shape index (κ3) is 2.11. The average Bonchev–Trinajstić information content (AvgIpc) is 2.16. The molecular formula is C9H5O6. The van der Waals surface area contributed by atoms with Crippen LogP contribution in [-0.4, -0.2) is 33.2 Å². The Bertz CT molecular complexity index is 448. The minimum absolute atomic E-state index is 0.391. The monoisotopic (exact) mass is 209 g/mol. The van der Waals surface area contributed by atoms with Crippen LogP contribution in [0.2, 0.25) is 0 Å². The van der Waals surface area contributed by atoms with E-state index >= 15 is 0 Å². The van der Waals surface area contributed by atoms with Gasteiger partial charge in [-0.2, -0.15) is 0 Å². The number of carbonyl (C=O) groups is 3. The molecular weight excluding hydrogens is 204 g/mol. The Morgan fingerprint density at radius 1 is 0.933 bits per heavy atom. The van der Waals surface area contributed by atoms with Crippen LogP contribution in [0.3, 0.4) is 0 Å². The van der Waals surface area contributed by atoms with E-state index in [1.807, 2.05) is 0 Å². The molecule has 0 saturated heterocycles. The number of hydrogen-bond donors (Lipinski definition) is 3. The van der Waals surface area contributed by atoms with Crippen LogP contribution < -0.4 is 0 Å². The van der Waals surface area contributed by atoms with E-state index < -0.39 is 34.6 Å². The summed E-state index contributed by atoms with van der Waals surface area (Å²) in [6.45, 7) is 0. The molecule has 0 fully saturated rings. The van der Waals surface area contributed by atoms with Gasteiger partial charge in [0.15, 0.2) is 0 Å². The van der Waals surface area contributed by atoms with Crippen LogP contribution in [0.15, 0.2) is 12.1 Å². The van der Waals surface area contributed by atoms with Crippen molar-refractivity contribution in [3.63, 3.8) is 0 Å². The van der Waals surface area contributed by atoms with E-state index in [0.717, 1.165) is 12.1 Å². The smallest absolute Gasteiger partial charge is 0.336 e. The first-order chi connectivity index (χ1) is 6.93. The standard InChI is InChI=1S/C9H5O6/c10-7(11)4-1-2-5(8(12)13)6(3-4)9(14)15/h2-3H,(H,10,11)(H,12,13)(H,14,15). The molecule has 15 heavy (non-hydrogen) atoms. The molecule has 6 heteroatoms. The first kappa shape index (κ1) is 10.7. The Morgan fingerprint density at radius 3 is 1.87 bits per heavy atom. The Labute approximate surface area is 83.4 Å². The van der Waals surface area contributed by atoms with Gasteiger partial charge in [0.1, 0.15) is 0 Å². The highest BCUT2D eigenvalue weighted by molar-refractivity contribution is 6.03. The quantitative estimate of drug-likeness (QED) is 0.671. The van der Waals surface area contributed by atoms with Crippen molar-refractivity contribution in [2.24, 2.45) is 0 Å². The molecule has 6 nitrogen and oxygen atoms in total. The fourth-order valence-corrected chi connectivity index (χ4v) is 0.969. The normalized spacial score (nSPS) is 9.60. The van der Waals surface area contributed by atoms with Gasteiger partial charge in [-0.15, -0.1) is 0 Å². The molecule has 1 rings (SSSR count). The fraction of sp³-hybridized carbons (Fsp3) is 0. The first-order valence-electron chi connectivity index (χ1n) is 3.69. The molecule has 0 unspecified atom stereocenters. The maximum atomic E-state index is 10.6. The van der Waals surface area contributed by atoms with Crippen molar-refractivity contribution in [1.82, 2.24) is 0 Å². The van der Waals surface area contributed by atoms with Crippen molar-refractivity contribution >= 4 is 17.9 Å². The van der Waals surface area contributed by atoms with E-state index in [4.69, 9.17) is 15.3 Å². The van der Waals surface area contributed by atoms with E-state index in [1.165, 1.54) is 0 Å². The molecule has 0 aliphatic carbocycles. The first-order valence-corrected chi connectivity index (χ1v) is 3.69. The zero-order valence-corrected chi connectivity index (χ0v) is 7.22. The summed E-state index contributed by atoms with van der Waals surface area (Å²) in [5.41, 5.74) is -1.46. The molecule has 1 aromatic rings. The summed E-state index contributed by atoms with van der Waals surface area (Å²) < 4.78 is 0.